The molecule has 2 rings (SSSR count). The second kappa shape index (κ2) is 6.95. The third-order valence-electron chi connectivity index (χ3n) is 3.36. The Morgan fingerprint density at radius 1 is 1.22 bits per heavy atom. The number of hydrogen-bond donors (Lipinski definition) is 1. The summed E-state index contributed by atoms with van der Waals surface area (Å²) in [5, 5.41) is 1.53. The number of hydrogen-bond acceptors (Lipinski definition) is 4. The zero-order valence-electron chi connectivity index (χ0n) is 12.8. The summed E-state index contributed by atoms with van der Waals surface area (Å²) in [6.07, 6.45) is 1.37. The molecule has 1 unspecified atom stereocenters. The molecule has 5 nitrogen and oxygen atoms in total. The second-order valence-corrected chi connectivity index (χ2v) is 7.53. The maximum atomic E-state index is 13.0. The Bertz CT molecular complexity index is 752. The minimum Gasteiger partial charge on any atom is -0.468 e. The monoisotopic (exact) mass is 339 g/mol. The molecule has 1 aromatic carbocycles. The first-order valence-electron chi connectivity index (χ1n) is 7.13. The van der Waals surface area contributed by atoms with Gasteiger partial charge in [-0.15, -0.1) is 0 Å². The third kappa shape index (κ3) is 3.98. The SMILES string of the molecule is CC(C)C(=O)NCC(c1ccco1)S(=O)(=O)c1ccc(F)cc1. The first kappa shape index (κ1) is 17.2. The molecule has 1 heterocycles. The Morgan fingerprint density at radius 2 is 1.87 bits per heavy atom. The van der Waals surface area contributed by atoms with Crippen molar-refractivity contribution in [2.45, 2.75) is 24.0 Å². The number of halogens is 1. The molecule has 124 valence electrons. The molecule has 1 aromatic heterocycles. The van der Waals surface area contributed by atoms with E-state index in [0.717, 1.165) is 12.1 Å². The average molecular weight is 339 g/mol. The van der Waals surface area contributed by atoms with Gasteiger partial charge in [0.15, 0.2) is 9.84 Å². The van der Waals surface area contributed by atoms with E-state index in [2.05, 4.69) is 5.32 Å². The molecule has 7 heteroatoms. The molecule has 0 aliphatic carbocycles. The Morgan fingerprint density at radius 3 is 2.39 bits per heavy atom. The van der Waals surface area contributed by atoms with E-state index in [4.69, 9.17) is 4.42 Å². The van der Waals surface area contributed by atoms with Crippen LogP contribution in [0.15, 0.2) is 52.0 Å². The van der Waals surface area contributed by atoms with Gasteiger partial charge in [0.05, 0.1) is 11.2 Å². The van der Waals surface area contributed by atoms with Gasteiger partial charge in [0.25, 0.3) is 0 Å². The highest BCUT2D eigenvalue weighted by atomic mass is 32.2. The maximum absolute atomic E-state index is 13.0. The number of carbonyl (C=O) groups is 1. The standard InChI is InChI=1S/C16H18FNO4S/c1-11(2)16(19)18-10-15(14-4-3-9-22-14)23(20,21)13-7-5-12(17)6-8-13/h3-9,11,15H,10H2,1-2H3,(H,18,19). The summed E-state index contributed by atoms with van der Waals surface area (Å²) in [5.41, 5.74) is 0. The number of nitrogens with one attached hydrogen (secondary N) is 1. The van der Waals surface area contributed by atoms with Crippen LogP contribution in [0.5, 0.6) is 0 Å². The van der Waals surface area contributed by atoms with Crippen molar-refractivity contribution >= 4 is 15.7 Å². The van der Waals surface area contributed by atoms with Crippen LogP contribution in [0.3, 0.4) is 0 Å². The van der Waals surface area contributed by atoms with Crippen molar-refractivity contribution < 1.29 is 22.0 Å². The van der Waals surface area contributed by atoms with Crippen molar-refractivity contribution in [2.75, 3.05) is 6.54 Å². The van der Waals surface area contributed by atoms with Crippen LogP contribution in [0.2, 0.25) is 0 Å². The van der Waals surface area contributed by atoms with Crippen LogP contribution in [0, 0.1) is 11.7 Å². The Balaban J connectivity index is 2.33. The first-order valence-corrected chi connectivity index (χ1v) is 8.67. The summed E-state index contributed by atoms with van der Waals surface area (Å²) in [6, 6.07) is 7.67. The van der Waals surface area contributed by atoms with Crippen LogP contribution >= 0.6 is 0 Å². The summed E-state index contributed by atoms with van der Waals surface area (Å²) in [7, 11) is -3.84. The van der Waals surface area contributed by atoms with E-state index in [1.165, 1.54) is 24.5 Å². The van der Waals surface area contributed by atoms with Crippen molar-refractivity contribution in [1.82, 2.24) is 5.32 Å². The number of rotatable bonds is 6. The smallest absolute Gasteiger partial charge is 0.222 e. The molecule has 1 atom stereocenters. The van der Waals surface area contributed by atoms with E-state index in [0.29, 0.717) is 0 Å². The van der Waals surface area contributed by atoms with Gasteiger partial charge in [-0.1, -0.05) is 13.8 Å². The molecule has 1 amide bonds. The number of furan rings is 1. The lowest BCUT2D eigenvalue weighted by Gasteiger charge is -2.17. The van der Waals surface area contributed by atoms with Gasteiger partial charge in [0.2, 0.25) is 5.91 Å². The zero-order chi connectivity index (χ0) is 17.0. The zero-order valence-corrected chi connectivity index (χ0v) is 13.6. The van der Waals surface area contributed by atoms with Crippen molar-refractivity contribution in [3.05, 3.63) is 54.2 Å². The normalized spacial score (nSPS) is 13.0. The molecule has 0 aliphatic rings. The Hall–Kier alpha value is -2.15. The molecule has 1 N–H and O–H groups in total. The van der Waals surface area contributed by atoms with E-state index < -0.39 is 20.9 Å². The Kier molecular flexibility index (Phi) is 5.20. The van der Waals surface area contributed by atoms with Gasteiger partial charge in [0, 0.05) is 12.5 Å². The number of sulfone groups is 1. The second-order valence-electron chi connectivity index (χ2n) is 5.40. The molecule has 23 heavy (non-hydrogen) atoms. The van der Waals surface area contributed by atoms with Gasteiger partial charge in [-0.2, -0.15) is 0 Å². The number of benzene rings is 1. The molecule has 0 saturated heterocycles. The van der Waals surface area contributed by atoms with Gasteiger partial charge in [-0.05, 0) is 36.4 Å². The highest BCUT2D eigenvalue weighted by molar-refractivity contribution is 7.91. The summed E-state index contributed by atoms with van der Waals surface area (Å²) >= 11 is 0. The van der Waals surface area contributed by atoms with Crippen molar-refractivity contribution in [3.63, 3.8) is 0 Å². The van der Waals surface area contributed by atoms with Crippen LogP contribution in [-0.4, -0.2) is 20.9 Å². The molecule has 0 aliphatic heterocycles. The van der Waals surface area contributed by atoms with Gasteiger partial charge < -0.3 is 9.73 Å². The van der Waals surface area contributed by atoms with Gasteiger partial charge in [-0.25, -0.2) is 12.8 Å². The molecule has 0 fully saturated rings. The fourth-order valence-electron chi connectivity index (χ4n) is 2.02. The lowest BCUT2D eigenvalue weighted by Crippen LogP contribution is -2.34. The van der Waals surface area contributed by atoms with Gasteiger partial charge in [0.1, 0.15) is 16.8 Å². The molecule has 2 aromatic rings. The van der Waals surface area contributed by atoms with E-state index >= 15 is 0 Å². The maximum Gasteiger partial charge on any atom is 0.222 e. The summed E-state index contributed by atoms with van der Waals surface area (Å²) in [5.74, 6) is -0.818. The molecular weight excluding hydrogens is 321 g/mol. The van der Waals surface area contributed by atoms with Crippen LogP contribution in [0.25, 0.3) is 0 Å². The number of carbonyl (C=O) groups excluding carboxylic acids is 1. The van der Waals surface area contributed by atoms with Gasteiger partial charge >= 0.3 is 0 Å². The molecule has 0 radical (unpaired) electrons. The molecular formula is C16H18FNO4S. The fraction of sp³-hybridized carbons (Fsp3) is 0.312. The fourth-order valence-corrected chi connectivity index (χ4v) is 3.61. The number of amides is 1. The molecule has 0 saturated carbocycles. The summed E-state index contributed by atoms with van der Waals surface area (Å²) in [4.78, 5) is 11.7. The minimum atomic E-state index is -3.84. The summed E-state index contributed by atoms with van der Waals surface area (Å²) in [6.45, 7) is 3.31. The van der Waals surface area contributed by atoms with Crippen molar-refractivity contribution in [1.29, 1.82) is 0 Å². The highest BCUT2D eigenvalue weighted by Gasteiger charge is 2.32. The lowest BCUT2D eigenvalue weighted by molar-refractivity contribution is -0.123. The summed E-state index contributed by atoms with van der Waals surface area (Å²) < 4.78 is 43.8. The largest absolute Gasteiger partial charge is 0.468 e. The lowest BCUT2D eigenvalue weighted by atomic mass is 10.2. The predicted octanol–water partition coefficient (Wildman–Crippen LogP) is 2.71. The quantitative estimate of drug-likeness (QED) is 0.821. The van der Waals surface area contributed by atoms with E-state index in [1.807, 2.05) is 0 Å². The van der Waals surface area contributed by atoms with Gasteiger partial charge in [-0.3, -0.25) is 4.79 Å². The first-order chi connectivity index (χ1) is 10.8. The van der Waals surface area contributed by atoms with Crippen LogP contribution < -0.4 is 5.32 Å². The average Bonchev–Trinajstić information content (AvgIpc) is 3.01. The van der Waals surface area contributed by atoms with E-state index in [1.54, 1.807) is 19.9 Å². The van der Waals surface area contributed by atoms with E-state index in [-0.39, 0.29) is 29.0 Å². The molecule has 0 spiro atoms. The van der Waals surface area contributed by atoms with Crippen molar-refractivity contribution in [3.8, 4) is 0 Å². The third-order valence-corrected chi connectivity index (χ3v) is 5.44. The van der Waals surface area contributed by atoms with Crippen LogP contribution in [-0.2, 0) is 14.6 Å². The van der Waals surface area contributed by atoms with Crippen molar-refractivity contribution in [2.24, 2.45) is 5.92 Å². The van der Waals surface area contributed by atoms with Crippen LogP contribution in [0.1, 0.15) is 24.9 Å². The minimum absolute atomic E-state index is 0.0286. The van der Waals surface area contributed by atoms with E-state index in [9.17, 15) is 17.6 Å². The topological polar surface area (TPSA) is 76.4 Å². The molecule has 0 bridgehead atoms. The predicted molar refractivity (Wildman–Crippen MR) is 82.9 cm³/mol. The highest BCUT2D eigenvalue weighted by Crippen LogP contribution is 2.29. The van der Waals surface area contributed by atoms with Crippen LogP contribution in [0.4, 0.5) is 4.39 Å². The Labute approximate surface area is 134 Å².